The SMILES string of the molecule is CCCCCCCCc1ccc(-c2ccc(-c3ccc(OC4CCCCO4)s3)s2)s1. The van der Waals surface area contributed by atoms with Crippen molar-refractivity contribution in [3.8, 4) is 24.6 Å². The Hall–Kier alpha value is -1.14. The summed E-state index contributed by atoms with van der Waals surface area (Å²) in [6.45, 7) is 3.10. The van der Waals surface area contributed by atoms with E-state index in [1.165, 1.54) is 75.8 Å². The summed E-state index contributed by atoms with van der Waals surface area (Å²) in [7, 11) is 0. The van der Waals surface area contributed by atoms with E-state index in [9.17, 15) is 0 Å². The lowest BCUT2D eigenvalue weighted by atomic mass is 10.1. The number of ether oxygens (including phenoxy) is 2. The fourth-order valence-corrected chi connectivity index (χ4v) is 6.91. The van der Waals surface area contributed by atoms with E-state index in [1.807, 2.05) is 22.7 Å². The number of rotatable bonds is 11. The van der Waals surface area contributed by atoms with Gasteiger partial charge in [-0.2, -0.15) is 0 Å². The first kappa shape index (κ1) is 22.1. The van der Waals surface area contributed by atoms with Gasteiger partial charge in [0.1, 0.15) is 0 Å². The van der Waals surface area contributed by atoms with Gasteiger partial charge in [0.05, 0.1) is 6.61 Å². The van der Waals surface area contributed by atoms with Crippen molar-refractivity contribution in [1.82, 2.24) is 0 Å². The van der Waals surface area contributed by atoms with Gasteiger partial charge in [0.2, 0.25) is 6.29 Å². The molecule has 162 valence electrons. The van der Waals surface area contributed by atoms with Crippen molar-refractivity contribution in [2.45, 2.75) is 77.4 Å². The van der Waals surface area contributed by atoms with Gasteiger partial charge in [0.25, 0.3) is 0 Å². The zero-order valence-corrected chi connectivity index (χ0v) is 20.3. The molecule has 0 aromatic carbocycles. The molecule has 1 unspecified atom stereocenters. The third-order valence-electron chi connectivity index (χ3n) is 5.50. The molecule has 1 aliphatic heterocycles. The van der Waals surface area contributed by atoms with Crippen LogP contribution in [0.15, 0.2) is 36.4 Å². The Morgan fingerprint density at radius 2 is 1.50 bits per heavy atom. The van der Waals surface area contributed by atoms with Crippen molar-refractivity contribution in [2.75, 3.05) is 6.61 Å². The smallest absolute Gasteiger partial charge is 0.200 e. The summed E-state index contributed by atoms with van der Waals surface area (Å²) < 4.78 is 11.7. The average molecular weight is 461 g/mol. The molecule has 0 N–H and O–H groups in total. The first-order valence-electron chi connectivity index (χ1n) is 11.4. The van der Waals surface area contributed by atoms with E-state index in [0.29, 0.717) is 0 Å². The van der Waals surface area contributed by atoms with Gasteiger partial charge in [-0.1, -0.05) is 50.4 Å². The number of aryl methyl sites for hydroxylation is 1. The van der Waals surface area contributed by atoms with Crippen LogP contribution in [0.25, 0.3) is 19.5 Å². The summed E-state index contributed by atoms with van der Waals surface area (Å²) in [5, 5.41) is 0.962. The zero-order chi connectivity index (χ0) is 20.6. The van der Waals surface area contributed by atoms with E-state index in [4.69, 9.17) is 9.47 Å². The fraction of sp³-hybridized carbons (Fsp3) is 0.520. The van der Waals surface area contributed by atoms with Crippen LogP contribution in [0.4, 0.5) is 0 Å². The standard InChI is InChI=1S/C25H32O2S3/c1-2-3-4-5-6-7-10-19-12-13-20(28-19)21-14-15-22(29-21)23-16-17-25(30-23)27-24-11-8-9-18-26-24/h12-17,24H,2-11,18H2,1H3. The van der Waals surface area contributed by atoms with E-state index in [0.717, 1.165) is 24.5 Å². The number of hydrogen-bond acceptors (Lipinski definition) is 5. The van der Waals surface area contributed by atoms with Crippen LogP contribution in [0, 0.1) is 0 Å². The Morgan fingerprint density at radius 3 is 2.30 bits per heavy atom. The van der Waals surface area contributed by atoms with E-state index >= 15 is 0 Å². The largest absolute Gasteiger partial charge is 0.455 e. The van der Waals surface area contributed by atoms with Crippen molar-refractivity contribution < 1.29 is 9.47 Å². The van der Waals surface area contributed by atoms with Crippen LogP contribution in [0.1, 0.15) is 69.6 Å². The van der Waals surface area contributed by atoms with Crippen LogP contribution < -0.4 is 4.74 Å². The molecular weight excluding hydrogens is 428 g/mol. The molecule has 3 aromatic heterocycles. The van der Waals surface area contributed by atoms with Gasteiger partial charge < -0.3 is 9.47 Å². The lowest BCUT2D eigenvalue weighted by molar-refractivity contribution is -0.104. The summed E-state index contributed by atoms with van der Waals surface area (Å²) in [5.74, 6) is 0. The van der Waals surface area contributed by atoms with Crippen LogP contribution in [-0.2, 0) is 11.2 Å². The molecule has 4 heterocycles. The highest BCUT2D eigenvalue weighted by Gasteiger charge is 2.17. The molecule has 3 aromatic rings. The van der Waals surface area contributed by atoms with Gasteiger partial charge in [-0.05, 0) is 62.1 Å². The first-order chi connectivity index (χ1) is 14.8. The second-order valence-corrected chi connectivity index (χ2v) is 11.3. The summed E-state index contributed by atoms with van der Waals surface area (Å²) in [6, 6.07) is 13.4. The Morgan fingerprint density at radius 1 is 0.800 bits per heavy atom. The van der Waals surface area contributed by atoms with Crippen molar-refractivity contribution in [3.05, 3.63) is 41.3 Å². The molecule has 0 radical (unpaired) electrons. The molecule has 0 saturated carbocycles. The van der Waals surface area contributed by atoms with Crippen molar-refractivity contribution >= 4 is 34.0 Å². The van der Waals surface area contributed by atoms with Gasteiger partial charge in [-0.15, -0.1) is 22.7 Å². The van der Waals surface area contributed by atoms with Gasteiger partial charge in [0, 0.05) is 30.8 Å². The van der Waals surface area contributed by atoms with Crippen LogP contribution in [0.5, 0.6) is 5.06 Å². The van der Waals surface area contributed by atoms with Crippen molar-refractivity contribution in [3.63, 3.8) is 0 Å². The highest BCUT2D eigenvalue weighted by Crippen LogP contribution is 2.42. The molecule has 1 fully saturated rings. The van der Waals surface area contributed by atoms with Crippen LogP contribution in [0.2, 0.25) is 0 Å². The molecule has 4 rings (SSSR count). The predicted molar refractivity (Wildman–Crippen MR) is 132 cm³/mol. The molecule has 1 saturated heterocycles. The van der Waals surface area contributed by atoms with Gasteiger partial charge in [-0.25, -0.2) is 0 Å². The molecule has 0 spiro atoms. The molecule has 30 heavy (non-hydrogen) atoms. The number of hydrogen-bond donors (Lipinski definition) is 0. The average Bonchev–Trinajstić information content (AvgIpc) is 3.51. The van der Waals surface area contributed by atoms with Crippen LogP contribution in [0.3, 0.4) is 0 Å². The van der Waals surface area contributed by atoms with E-state index < -0.39 is 0 Å². The number of unbranched alkanes of at least 4 members (excludes halogenated alkanes) is 5. The first-order valence-corrected chi connectivity index (χ1v) is 13.8. The quantitative estimate of drug-likeness (QED) is 0.266. The molecule has 5 heteroatoms. The van der Waals surface area contributed by atoms with E-state index in [-0.39, 0.29) is 6.29 Å². The molecule has 1 aliphatic rings. The summed E-state index contributed by atoms with van der Waals surface area (Å²) >= 11 is 5.57. The fourth-order valence-electron chi connectivity index (χ4n) is 3.78. The second kappa shape index (κ2) is 11.5. The molecular formula is C25H32O2S3. The van der Waals surface area contributed by atoms with E-state index in [2.05, 4.69) is 43.3 Å². The maximum atomic E-state index is 6.02. The normalized spacial score (nSPS) is 16.8. The lowest BCUT2D eigenvalue weighted by Gasteiger charge is -2.22. The minimum atomic E-state index is -0.0691. The van der Waals surface area contributed by atoms with E-state index in [1.54, 1.807) is 11.3 Å². The summed E-state index contributed by atoms with van der Waals surface area (Å²) in [4.78, 5) is 6.89. The van der Waals surface area contributed by atoms with Crippen molar-refractivity contribution in [1.29, 1.82) is 0 Å². The third-order valence-corrected chi connectivity index (χ3v) is 9.09. The minimum Gasteiger partial charge on any atom is -0.455 e. The highest BCUT2D eigenvalue weighted by molar-refractivity contribution is 7.26. The molecule has 0 amide bonds. The minimum absolute atomic E-state index is 0.0691. The lowest BCUT2D eigenvalue weighted by Crippen LogP contribution is -2.24. The molecule has 0 bridgehead atoms. The van der Waals surface area contributed by atoms with Gasteiger partial charge >= 0.3 is 0 Å². The molecule has 0 aliphatic carbocycles. The Kier molecular flexibility index (Phi) is 8.44. The van der Waals surface area contributed by atoms with Crippen LogP contribution >= 0.6 is 34.0 Å². The zero-order valence-electron chi connectivity index (χ0n) is 17.9. The topological polar surface area (TPSA) is 18.5 Å². The summed E-state index contributed by atoms with van der Waals surface area (Å²) in [5.41, 5.74) is 0. The Bertz CT molecular complexity index is 886. The summed E-state index contributed by atoms with van der Waals surface area (Å²) in [6.07, 6.45) is 12.7. The third kappa shape index (κ3) is 6.19. The Balaban J connectivity index is 1.30. The van der Waals surface area contributed by atoms with Crippen LogP contribution in [-0.4, -0.2) is 12.9 Å². The van der Waals surface area contributed by atoms with Gasteiger partial charge in [-0.3, -0.25) is 0 Å². The molecule has 1 atom stereocenters. The maximum Gasteiger partial charge on any atom is 0.200 e. The van der Waals surface area contributed by atoms with Gasteiger partial charge in [0.15, 0.2) is 5.06 Å². The Labute approximate surface area is 192 Å². The predicted octanol–water partition coefficient (Wildman–Crippen LogP) is 9.01. The maximum absolute atomic E-state index is 6.02. The highest BCUT2D eigenvalue weighted by atomic mass is 32.1. The monoisotopic (exact) mass is 460 g/mol. The molecule has 2 nitrogen and oxygen atoms in total. The van der Waals surface area contributed by atoms with Crippen molar-refractivity contribution in [2.24, 2.45) is 0 Å². The second-order valence-electron chi connectivity index (χ2n) is 7.98. The number of thiophene rings is 3.